The van der Waals surface area contributed by atoms with Crippen LogP contribution in [0, 0.1) is 6.92 Å². The molecule has 1 aromatic heterocycles. The highest BCUT2D eigenvalue weighted by Crippen LogP contribution is 2.28. The van der Waals surface area contributed by atoms with E-state index >= 15 is 0 Å². The molecular weight excluding hydrogens is 264 g/mol. The van der Waals surface area contributed by atoms with Crippen LogP contribution in [0.5, 0.6) is 0 Å². The average Bonchev–Trinajstić information content (AvgIpc) is 2.86. The Morgan fingerprint density at radius 3 is 3.05 bits per heavy atom. The SMILES string of the molecule is COCCNCc1ncoc1-c1cc(Cl)ccc1C. The Hall–Kier alpha value is -1.36. The number of nitrogens with zero attached hydrogens (tertiary/aromatic N) is 1. The summed E-state index contributed by atoms with van der Waals surface area (Å²) in [5, 5.41) is 3.94. The Bertz CT molecular complexity index is 540. The molecule has 0 saturated carbocycles. The first-order valence-corrected chi connectivity index (χ1v) is 6.48. The molecule has 4 nitrogen and oxygen atoms in total. The first kappa shape index (κ1) is 14.1. The van der Waals surface area contributed by atoms with Crippen LogP contribution >= 0.6 is 11.6 Å². The molecule has 102 valence electrons. The fourth-order valence-corrected chi connectivity index (χ4v) is 2.01. The Kier molecular flexibility index (Phi) is 4.96. The second-order valence-corrected chi connectivity index (χ2v) is 4.69. The minimum atomic E-state index is 0.640. The van der Waals surface area contributed by atoms with Crippen molar-refractivity contribution < 1.29 is 9.15 Å². The zero-order valence-corrected chi connectivity index (χ0v) is 11.8. The highest BCUT2D eigenvalue weighted by Gasteiger charge is 2.13. The average molecular weight is 281 g/mol. The number of oxazole rings is 1. The second-order valence-electron chi connectivity index (χ2n) is 4.26. The first-order valence-electron chi connectivity index (χ1n) is 6.11. The van der Waals surface area contributed by atoms with E-state index in [4.69, 9.17) is 20.8 Å². The van der Waals surface area contributed by atoms with E-state index in [9.17, 15) is 0 Å². The van der Waals surface area contributed by atoms with Gasteiger partial charge in [-0.1, -0.05) is 17.7 Å². The molecular formula is C14H17ClN2O2. The number of methoxy groups -OCH3 is 1. The Labute approximate surface area is 117 Å². The molecule has 2 aromatic rings. The van der Waals surface area contributed by atoms with Crippen LogP contribution in [-0.2, 0) is 11.3 Å². The van der Waals surface area contributed by atoms with Gasteiger partial charge in [0, 0.05) is 30.8 Å². The molecule has 1 heterocycles. The lowest BCUT2D eigenvalue weighted by atomic mass is 10.1. The number of benzene rings is 1. The number of rotatable bonds is 6. The maximum Gasteiger partial charge on any atom is 0.181 e. The van der Waals surface area contributed by atoms with Crippen LogP contribution in [0.15, 0.2) is 29.0 Å². The molecule has 1 aromatic carbocycles. The van der Waals surface area contributed by atoms with Gasteiger partial charge in [0.15, 0.2) is 12.2 Å². The highest BCUT2D eigenvalue weighted by atomic mass is 35.5. The lowest BCUT2D eigenvalue weighted by molar-refractivity contribution is 0.199. The molecule has 19 heavy (non-hydrogen) atoms. The molecule has 0 saturated heterocycles. The molecule has 0 amide bonds. The van der Waals surface area contributed by atoms with Gasteiger partial charge in [-0.05, 0) is 24.6 Å². The van der Waals surface area contributed by atoms with Crippen molar-refractivity contribution in [3.63, 3.8) is 0 Å². The number of halogens is 1. The standard InChI is InChI=1S/C14H17ClN2O2/c1-10-3-4-11(15)7-12(10)14-13(17-9-19-14)8-16-5-6-18-2/h3-4,7,9,16H,5-6,8H2,1-2H3. The third-order valence-electron chi connectivity index (χ3n) is 2.86. The molecule has 0 radical (unpaired) electrons. The number of hydrogen-bond acceptors (Lipinski definition) is 4. The molecule has 0 atom stereocenters. The first-order chi connectivity index (χ1) is 9.22. The molecule has 0 aliphatic heterocycles. The lowest BCUT2D eigenvalue weighted by Crippen LogP contribution is -2.19. The fraction of sp³-hybridized carbons (Fsp3) is 0.357. The van der Waals surface area contributed by atoms with E-state index in [1.807, 2.05) is 25.1 Å². The largest absolute Gasteiger partial charge is 0.443 e. The minimum Gasteiger partial charge on any atom is -0.443 e. The van der Waals surface area contributed by atoms with Crippen LogP contribution in [0.1, 0.15) is 11.3 Å². The summed E-state index contributed by atoms with van der Waals surface area (Å²) in [6, 6.07) is 5.74. The van der Waals surface area contributed by atoms with E-state index in [2.05, 4.69) is 10.3 Å². The molecule has 5 heteroatoms. The zero-order valence-electron chi connectivity index (χ0n) is 11.1. The summed E-state index contributed by atoms with van der Waals surface area (Å²) in [5.74, 6) is 0.768. The molecule has 0 aliphatic rings. The van der Waals surface area contributed by atoms with Gasteiger partial charge >= 0.3 is 0 Å². The van der Waals surface area contributed by atoms with Crippen molar-refractivity contribution in [2.24, 2.45) is 0 Å². The smallest absolute Gasteiger partial charge is 0.181 e. The lowest BCUT2D eigenvalue weighted by Gasteiger charge is -2.06. The van der Waals surface area contributed by atoms with Crippen molar-refractivity contribution in [2.45, 2.75) is 13.5 Å². The van der Waals surface area contributed by atoms with E-state index in [1.54, 1.807) is 7.11 Å². The van der Waals surface area contributed by atoms with Gasteiger partial charge in [0.2, 0.25) is 0 Å². The number of nitrogens with one attached hydrogen (secondary N) is 1. The number of hydrogen-bond donors (Lipinski definition) is 1. The highest BCUT2D eigenvalue weighted by molar-refractivity contribution is 6.30. The van der Waals surface area contributed by atoms with E-state index < -0.39 is 0 Å². The predicted molar refractivity (Wildman–Crippen MR) is 75.3 cm³/mol. The van der Waals surface area contributed by atoms with E-state index in [0.717, 1.165) is 29.1 Å². The van der Waals surface area contributed by atoms with Gasteiger partial charge in [0.25, 0.3) is 0 Å². The van der Waals surface area contributed by atoms with E-state index in [-0.39, 0.29) is 0 Å². The van der Waals surface area contributed by atoms with Crippen molar-refractivity contribution in [1.29, 1.82) is 0 Å². The van der Waals surface area contributed by atoms with Crippen LogP contribution in [0.4, 0.5) is 0 Å². The summed E-state index contributed by atoms with van der Waals surface area (Å²) in [4.78, 5) is 4.25. The second kappa shape index (κ2) is 6.70. The topological polar surface area (TPSA) is 47.3 Å². The van der Waals surface area contributed by atoms with Crippen molar-refractivity contribution in [3.8, 4) is 11.3 Å². The monoisotopic (exact) mass is 280 g/mol. The molecule has 0 aliphatic carbocycles. The van der Waals surface area contributed by atoms with Crippen molar-refractivity contribution in [1.82, 2.24) is 10.3 Å². The van der Waals surface area contributed by atoms with Crippen molar-refractivity contribution in [3.05, 3.63) is 40.9 Å². The van der Waals surface area contributed by atoms with Crippen LogP contribution in [0.25, 0.3) is 11.3 Å². The third-order valence-corrected chi connectivity index (χ3v) is 3.10. The van der Waals surface area contributed by atoms with Crippen molar-refractivity contribution in [2.75, 3.05) is 20.3 Å². The van der Waals surface area contributed by atoms with Crippen LogP contribution in [0.2, 0.25) is 5.02 Å². The molecule has 0 fully saturated rings. The summed E-state index contributed by atoms with van der Waals surface area (Å²) in [7, 11) is 1.68. The van der Waals surface area contributed by atoms with Crippen LogP contribution in [-0.4, -0.2) is 25.2 Å². The minimum absolute atomic E-state index is 0.640. The number of ether oxygens (including phenoxy) is 1. The zero-order chi connectivity index (χ0) is 13.7. The summed E-state index contributed by atoms with van der Waals surface area (Å²) in [6.45, 7) is 4.11. The van der Waals surface area contributed by atoms with Crippen LogP contribution < -0.4 is 5.32 Å². The predicted octanol–water partition coefficient (Wildman–Crippen LogP) is 3.04. The summed E-state index contributed by atoms with van der Waals surface area (Å²) in [6.07, 6.45) is 1.46. The van der Waals surface area contributed by atoms with Gasteiger partial charge in [-0.3, -0.25) is 0 Å². The van der Waals surface area contributed by atoms with Gasteiger partial charge in [-0.2, -0.15) is 0 Å². The Morgan fingerprint density at radius 2 is 2.26 bits per heavy atom. The molecule has 1 N–H and O–H groups in total. The summed E-state index contributed by atoms with van der Waals surface area (Å²) >= 11 is 6.04. The maximum absolute atomic E-state index is 6.04. The van der Waals surface area contributed by atoms with Gasteiger partial charge in [0.1, 0.15) is 5.69 Å². The number of aromatic nitrogens is 1. The maximum atomic E-state index is 6.04. The summed E-state index contributed by atoms with van der Waals surface area (Å²) in [5.41, 5.74) is 2.97. The third kappa shape index (κ3) is 3.56. The molecule has 2 rings (SSSR count). The number of aryl methyl sites for hydroxylation is 1. The van der Waals surface area contributed by atoms with Gasteiger partial charge in [0.05, 0.1) is 6.61 Å². The van der Waals surface area contributed by atoms with Gasteiger partial charge in [-0.15, -0.1) is 0 Å². The molecule has 0 spiro atoms. The van der Waals surface area contributed by atoms with Gasteiger partial charge in [-0.25, -0.2) is 4.98 Å². The molecule has 0 unspecified atom stereocenters. The molecule has 0 bridgehead atoms. The fourth-order valence-electron chi connectivity index (χ4n) is 1.83. The summed E-state index contributed by atoms with van der Waals surface area (Å²) < 4.78 is 10.5. The Balaban J connectivity index is 2.16. The quantitative estimate of drug-likeness (QED) is 0.826. The van der Waals surface area contributed by atoms with E-state index in [0.29, 0.717) is 18.2 Å². The normalized spacial score (nSPS) is 10.9. The van der Waals surface area contributed by atoms with Crippen LogP contribution in [0.3, 0.4) is 0 Å². The van der Waals surface area contributed by atoms with E-state index in [1.165, 1.54) is 6.39 Å². The Morgan fingerprint density at radius 1 is 1.42 bits per heavy atom. The van der Waals surface area contributed by atoms with Crippen molar-refractivity contribution >= 4 is 11.6 Å². The van der Waals surface area contributed by atoms with Gasteiger partial charge < -0.3 is 14.5 Å².